The second-order valence-electron chi connectivity index (χ2n) is 22.1. The zero-order valence-electron chi connectivity index (χ0n) is 42.0. The Morgan fingerprint density at radius 3 is 0.742 bits per heavy atom. The van der Waals surface area contributed by atoms with Crippen LogP contribution < -0.4 is 0 Å². The molecule has 0 nitrogen and oxygen atoms in total. The van der Waals surface area contributed by atoms with E-state index in [0.29, 0.717) is 35.5 Å². The van der Waals surface area contributed by atoms with E-state index in [0.717, 1.165) is 32.1 Å². The van der Waals surface area contributed by atoms with Crippen LogP contribution in [0.4, 0.5) is 0 Å². The molecule has 0 saturated heterocycles. The third-order valence-electron chi connectivity index (χ3n) is 16.5. The van der Waals surface area contributed by atoms with Crippen molar-refractivity contribution in [3.63, 3.8) is 0 Å². The van der Waals surface area contributed by atoms with Crippen LogP contribution in [0, 0.1) is 65.9 Å². The molecule has 5 heteroatoms. The maximum Gasteiger partial charge on any atom is 0 e. The first-order valence-corrected chi connectivity index (χ1v) is 24.4. The normalized spacial score (nSPS) is 22.3. The first-order chi connectivity index (χ1) is 29.1. The zero-order valence-corrected chi connectivity index (χ0v) is 56.7. The first-order valence-electron chi connectivity index (χ1n) is 24.4. The van der Waals surface area contributed by atoms with Crippen LogP contribution >= 0.6 is 0 Å². The van der Waals surface area contributed by atoms with Gasteiger partial charge in [0.15, 0.2) is 0 Å². The van der Waals surface area contributed by atoms with Crippen LogP contribution in [0.2, 0.25) is 0 Å². The molecule has 66 heavy (non-hydrogen) atoms. The summed E-state index contributed by atoms with van der Waals surface area (Å²) in [7, 11) is 0. The van der Waals surface area contributed by atoms with Crippen molar-refractivity contribution >= 4 is 0 Å². The van der Waals surface area contributed by atoms with Crippen LogP contribution in [0.5, 0.6) is 0 Å². The van der Waals surface area contributed by atoms with Crippen molar-refractivity contribution in [3.05, 3.63) is 170 Å². The molecule has 0 aromatic rings. The predicted octanol–water partition coefficient (Wildman–Crippen LogP) is 16.4. The summed E-state index contributed by atoms with van der Waals surface area (Å²) in [5.41, 5.74) is 39.8. The van der Waals surface area contributed by atoms with Gasteiger partial charge >= 0.3 is 0 Å². The standard InChI is InChI=1S/C23H24.C21H25.C17H20.5W/c1-12(2)14-5-16-9-20-21-10-17-6-15(13(3)4)8-19(17)23(21)11-22(20)18(16)7-14;1-11(2)14-6-15-8-19-20-9-16(12(3)4)13(5)17(20)10-21(19)18(15)7-14;1-10(2)12-5-14-7-15-6-13(11(3)4)9-17(15)16(14)8-12;;;;;/h12-13H,7-11H2,1-4H3;11-12H,7-10H2,1-5H3;10-11H,7-9H2,1-4H3;;;;;/q-2;-1;-2;;;;;. The Labute approximate surface area is 472 Å². The van der Waals surface area contributed by atoms with E-state index in [-0.39, 0.29) is 105 Å². The molecular weight excluding hydrogens is 1650 g/mol. The topological polar surface area (TPSA) is 0 Å². The molecule has 0 radical (unpaired) electrons. The van der Waals surface area contributed by atoms with Gasteiger partial charge in [-0.2, -0.15) is 44.6 Å². The van der Waals surface area contributed by atoms with Crippen molar-refractivity contribution in [2.75, 3.05) is 0 Å². The first kappa shape index (κ1) is 56.5. The van der Waals surface area contributed by atoms with Crippen molar-refractivity contribution in [3.8, 4) is 0 Å². The Bertz CT molecular complexity index is 2480. The maximum absolute atomic E-state index is 3.73. The predicted molar refractivity (Wildman–Crippen MR) is 254 cm³/mol. The molecule has 0 aromatic carbocycles. The van der Waals surface area contributed by atoms with Gasteiger partial charge in [-0.25, -0.2) is 58.2 Å². The summed E-state index contributed by atoms with van der Waals surface area (Å²) < 4.78 is 0. The molecule has 348 valence electrons. The van der Waals surface area contributed by atoms with Gasteiger partial charge in [0.2, 0.25) is 0 Å². The minimum Gasteiger partial charge on any atom is -0.270 e. The average Bonchev–Trinajstić information content (AvgIpc) is 3.99. The van der Waals surface area contributed by atoms with E-state index in [4.69, 9.17) is 0 Å². The van der Waals surface area contributed by atoms with Crippen LogP contribution in [-0.4, -0.2) is 0 Å². The molecule has 0 heterocycles. The summed E-state index contributed by atoms with van der Waals surface area (Å²) in [5.74, 6) is 3.92. The van der Waals surface area contributed by atoms with E-state index >= 15 is 0 Å². The molecule has 0 fully saturated rings. The number of fused-ring (bicyclic) bond motifs is 6. The van der Waals surface area contributed by atoms with Crippen LogP contribution in [0.3, 0.4) is 0 Å². The summed E-state index contributed by atoms with van der Waals surface area (Å²) in [5, 5.41) is 0. The molecule has 12 aliphatic rings. The Morgan fingerprint density at radius 2 is 0.470 bits per heavy atom. The van der Waals surface area contributed by atoms with E-state index in [1.807, 2.05) is 0 Å². The van der Waals surface area contributed by atoms with E-state index in [1.165, 1.54) is 101 Å². The van der Waals surface area contributed by atoms with Gasteiger partial charge in [0.1, 0.15) is 0 Å². The summed E-state index contributed by atoms with van der Waals surface area (Å²) in [6.07, 6.45) is 32.5. The number of rotatable bonds is 6. The minimum absolute atomic E-state index is 0. The maximum atomic E-state index is 3.73. The van der Waals surface area contributed by atoms with Crippen molar-refractivity contribution in [1.82, 2.24) is 0 Å². The van der Waals surface area contributed by atoms with Gasteiger partial charge in [-0.05, 0) is 97.7 Å². The SMILES string of the molecule is CC(C)C1=[C-]C2=C(C1)C1=C(C2)C2=C(C1)C1=C([C-]=C(C(C)C)C1)C2.CC(C)C1=[C-]C2=C(C1)C1=C([C-]=C(C(C)C)C1)C2.CC1=C(C(C)C)CC2=C1CC1=C2CC2=C1CC(C(C)C)=[C-]2.[W].[W].[W].[W].[W]. The molecule has 0 atom stereocenters. The number of hydrogen-bond donors (Lipinski definition) is 0. The Morgan fingerprint density at radius 1 is 0.242 bits per heavy atom. The Hall–Kier alpha value is -0.458. The fraction of sp³-hybridized carbons (Fsp3) is 0.508. The van der Waals surface area contributed by atoms with Gasteiger partial charge in [-0.3, -0.25) is 11.1 Å². The monoisotopic (exact) mass is 1720 g/mol. The van der Waals surface area contributed by atoms with Gasteiger partial charge in [0.05, 0.1) is 0 Å². The Kier molecular flexibility index (Phi) is 18.6. The quantitative estimate of drug-likeness (QED) is 0.233. The summed E-state index contributed by atoms with van der Waals surface area (Å²) >= 11 is 0. The Balaban J connectivity index is 0.000000181. The van der Waals surface area contributed by atoms with Crippen molar-refractivity contribution in [2.45, 2.75) is 167 Å². The molecule has 0 N–H and O–H groups in total. The molecule has 0 spiro atoms. The average molecular weight is 1720 g/mol. The van der Waals surface area contributed by atoms with Crippen LogP contribution in [0.15, 0.2) is 139 Å². The van der Waals surface area contributed by atoms with Gasteiger partial charge in [-0.1, -0.05) is 131 Å². The molecular formula is C61H69W5-5. The van der Waals surface area contributed by atoms with Gasteiger partial charge in [0.25, 0.3) is 0 Å². The summed E-state index contributed by atoms with van der Waals surface area (Å²) in [6.45, 7) is 30.0. The second-order valence-corrected chi connectivity index (χ2v) is 22.1. The van der Waals surface area contributed by atoms with E-state index in [2.05, 4.69) is 120 Å². The van der Waals surface area contributed by atoms with Crippen molar-refractivity contribution in [2.24, 2.45) is 35.5 Å². The van der Waals surface area contributed by atoms with Crippen LogP contribution in [0.25, 0.3) is 0 Å². The fourth-order valence-corrected chi connectivity index (χ4v) is 12.4. The molecule has 0 bridgehead atoms. The van der Waals surface area contributed by atoms with E-state index in [1.54, 1.807) is 83.6 Å². The largest absolute Gasteiger partial charge is 0.270 e. The molecule has 0 aromatic heterocycles. The second kappa shape index (κ2) is 21.7. The van der Waals surface area contributed by atoms with Gasteiger partial charge < -0.3 is 0 Å². The third-order valence-corrected chi connectivity index (χ3v) is 16.5. The van der Waals surface area contributed by atoms with E-state index in [9.17, 15) is 0 Å². The third kappa shape index (κ3) is 9.76. The van der Waals surface area contributed by atoms with Gasteiger partial charge in [-0.15, -0.1) is 29.6 Å². The van der Waals surface area contributed by atoms with Gasteiger partial charge in [0, 0.05) is 105 Å². The molecule has 0 unspecified atom stereocenters. The molecule has 0 amide bonds. The van der Waals surface area contributed by atoms with Crippen LogP contribution in [-0.2, 0) is 105 Å². The van der Waals surface area contributed by atoms with Crippen molar-refractivity contribution in [1.29, 1.82) is 0 Å². The zero-order chi connectivity index (χ0) is 42.9. The molecule has 12 rings (SSSR count). The summed E-state index contributed by atoms with van der Waals surface area (Å²) in [4.78, 5) is 0. The molecule has 12 aliphatic carbocycles. The molecule has 0 aliphatic heterocycles. The number of allylic oxidation sites excluding steroid dienone is 30. The minimum atomic E-state index is 0. The molecule has 0 saturated carbocycles. The summed E-state index contributed by atoms with van der Waals surface area (Å²) in [6, 6.07) is 0. The van der Waals surface area contributed by atoms with Crippen molar-refractivity contribution < 1.29 is 105 Å². The fourth-order valence-electron chi connectivity index (χ4n) is 12.4. The smallest absolute Gasteiger partial charge is 0 e. The van der Waals surface area contributed by atoms with E-state index < -0.39 is 0 Å². The number of hydrogen-bond acceptors (Lipinski definition) is 0. The van der Waals surface area contributed by atoms with Crippen LogP contribution in [0.1, 0.15) is 167 Å².